The number of rotatable bonds is 5. The van der Waals surface area contributed by atoms with E-state index in [1.807, 2.05) is 13.8 Å². The van der Waals surface area contributed by atoms with Crippen molar-refractivity contribution in [2.45, 2.75) is 26.3 Å². The second kappa shape index (κ2) is 7.04. The van der Waals surface area contributed by atoms with Gasteiger partial charge in [-0.05, 0) is 37.1 Å². The minimum absolute atomic E-state index is 0.143. The molecule has 0 aliphatic heterocycles. The zero-order chi connectivity index (χ0) is 16.1. The first-order valence-electron chi connectivity index (χ1n) is 7.03. The summed E-state index contributed by atoms with van der Waals surface area (Å²) in [5.74, 6) is -0.491. The van der Waals surface area contributed by atoms with Crippen LogP contribution in [0.3, 0.4) is 0 Å². The number of anilines is 1. The number of hydrogen-bond donors (Lipinski definition) is 3. The molecule has 22 heavy (non-hydrogen) atoms. The van der Waals surface area contributed by atoms with Crippen LogP contribution in [0.4, 0.5) is 14.9 Å². The third-order valence-corrected chi connectivity index (χ3v) is 3.21. The Kier molecular flexibility index (Phi) is 5.11. The summed E-state index contributed by atoms with van der Waals surface area (Å²) in [5, 5.41) is 18.2. The number of aryl methyl sites for hydroxylation is 1. The summed E-state index contributed by atoms with van der Waals surface area (Å²) in [5.41, 5.74) is 1.56. The molecular formula is C15H19FN4O2. The van der Waals surface area contributed by atoms with Crippen LogP contribution in [0.25, 0.3) is 5.69 Å². The number of aromatic nitrogens is 2. The van der Waals surface area contributed by atoms with E-state index >= 15 is 0 Å². The van der Waals surface area contributed by atoms with Crippen LogP contribution in [-0.4, -0.2) is 33.6 Å². The summed E-state index contributed by atoms with van der Waals surface area (Å²) in [4.78, 5) is 11.7. The lowest BCUT2D eigenvalue weighted by Crippen LogP contribution is -2.39. The Morgan fingerprint density at radius 1 is 1.50 bits per heavy atom. The smallest absolute Gasteiger partial charge is 0.319 e. The maximum atomic E-state index is 14.1. The van der Waals surface area contributed by atoms with Crippen LogP contribution in [-0.2, 0) is 0 Å². The molecule has 6 nitrogen and oxygen atoms in total. The third kappa shape index (κ3) is 3.82. The summed E-state index contributed by atoms with van der Waals surface area (Å²) in [6.07, 6.45) is 3.96. The zero-order valence-electron chi connectivity index (χ0n) is 12.5. The average Bonchev–Trinajstić information content (AvgIpc) is 2.91. The fourth-order valence-electron chi connectivity index (χ4n) is 1.94. The molecule has 1 heterocycles. The van der Waals surface area contributed by atoms with E-state index in [0.717, 1.165) is 5.56 Å². The fraction of sp³-hybridized carbons (Fsp3) is 0.333. The number of aliphatic hydroxyl groups excluding tert-OH is 1. The topological polar surface area (TPSA) is 79.2 Å². The summed E-state index contributed by atoms with van der Waals surface area (Å²) in [6.45, 7) is 3.57. The van der Waals surface area contributed by atoms with Crippen molar-refractivity contribution >= 4 is 11.7 Å². The Morgan fingerprint density at radius 3 is 2.82 bits per heavy atom. The van der Waals surface area contributed by atoms with Crippen molar-refractivity contribution in [1.29, 1.82) is 0 Å². The van der Waals surface area contributed by atoms with E-state index in [2.05, 4.69) is 15.7 Å². The van der Waals surface area contributed by atoms with Crippen molar-refractivity contribution in [1.82, 2.24) is 15.1 Å². The SMILES string of the molecule is CCC(CO)NC(=O)Nc1ccc(-n2cc(C)cn2)c(F)c1. The standard InChI is InChI=1S/C15H19FN4O2/c1-3-11(9-21)18-15(22)19-12-4-5-14(13(16)6-12)20-8-10(2)7-17-20/h4-8,11,21H,3,9H2,1-2H3,(H2,18,19,22). The minimum atomic E-state index is -0.491. The molecule has 0 spiro atoms. The number of carbonyl (C=O) groups is 1. The molecule has 0 bridgehead atoms. The molecule has 2 amide bonds. The highest BCUT2D eigenvalue weighted by molar-refractivity contribution is 5.89. The average molecular weight is 306 g/mol. The number of aliphatic hydroxyl groups is 1. The van der Waals surface area contributed by atoms with E-state index < -0.39 is 11.8 Å². The summed E-state index contributed by atoms with van der Waals surface area (Å²) in [6, 6.07) is 3.56. The molecular weight excluding hydrogens is 287 g/mol. The van der Waals surface area contributed by atoms with Gasteiger partial charge in [0, 0.05) is 11.9 Å². The minimum Gasteiger partial charge on any atom is -0.394 e. The number of halogens is 1. The lowest BCUT2D eigenvalue weighted by atomic mass is 10.2. The van der Waals surface area contributed by atoms with Gasteiger partial charge < -0.3 is 15.7 Å². The molecule has 7 heteroatoms. The first-order chi connectivity index (χ1) is 10.5. The monoisotopic (exact) mass is 306 g/mol. The van der Waals surface area contributed by atoms with Crippen LogP contribution in [0.15, 0.2) is 30.6 Å². The Balaban J connectivity index is 2.08. The summed E-state index contributed by atoms with van der Waals surface area (Å²) >= 11 is 0. The molecule has 2 aromatic rings. The van der Waals surface area contributed by atoms with E-state index in [4.69, 9.17) is 5.11 Å². The number of nitrogens with one attached hydrogen (secondary N) is 2. The first-order valence-corrected chi connectivity index (χ1v) is 7.03. The van der Waals surface area contributed by atoms with Crippen LogP contribution >= 0.6 is 0 Å². The van der Waals surface area contributed by atoms with Gasteiger partial charge >= 0.3 is 6.03 Å². The van der Waals surface area contributed by atoms with Crippen molar-refractivity contribution in [3.63, 3.8) is 0 Å². The summed E-state index contributed by atoms with van der Waals surface area (Å²) < 4.78 is 15.6. The molecule has 0 saturated carbocycles. The number of nitrogens with zero attached hydrogens (tertiary/aromatic N) is 2. The lowest BCUT2D eigenvalue weighted by molar-refractivity contribution is 0.222. The number of carbonyl (C=O) groups excluding carboxylic acids is 1. The van der Waals surface area contributed by atoms with E-state index in [0.29, 0.717) is 17.8 Å². The second-order valence-electron chi connectivity index (χ2n) is 5.01. The van der Waals surface area contributed by atoms with Gasteiger partial charge in [-0.3, -0.25) is 0 Å². The second-order valence-corrected chi connectivity index (χ2v) is 5.01. The van der Waals surface area contributed by atoms with Crippen LogP contribution in [0.2, 0.25) is 0 Å². The Labute approximate surface area is 128 Å². The molecule has 1 aromatic heterocycles. The maximum Gasteiger partial charge on any atom is 0.319 e. The number of hydrogen-bond acceptors (Lipinski definition) is 3. The summed E-state index contributed by atoms with van der Waals surface area (Å²) in [7, 11) is 0. The van der Waals surface area contributed by atoms with Gasteiger partial charge in [-0.15, -0.1) is 0 Å². The highest BCUT2D eigenvalue weighted by atomic mass is 19.1. The predicted octanol–water partition coefficient (Wildman–Crippen LogP) is 2.21. The number of urea groups is 1. The third-order valence-electron chi connectivity index (χ3n) is 3.21. The zero-order valence-corrected chi connectivity index (χ0v) is 12.5. The van der Waals surface area contributed by atoms with Gasteiger partial charge in [0.05, 0.1) is 18.8 Å². The molecule has 0 saturated heterocycles. The van der Waals surface area contributed by atoms with Gasteiger partial charge in [0.2, 0.25) is 0 Å². The van der Waals surface area contributed by atoms with Crippen molar-refractivity contribution in [2.24, 2.45) is 0 Å². The Hall–Kier alpha value is -2.41. The first kappa shape index (κ1) is 16.0. The quantitative estimate of drug-likeness (QED) is 0.792. The molecule has 1 atom stereocenters. The van der Waals surface area contributed by atoms with Crippen molar-refractivity contribution < 1.29 is 14.3 Å². The molecule has 1 unspecified atom stereocenters. The number of benzene rings is 1. The number of amides is 2. The van der Waals surface area contributed by atoms with E-state index in [9.17, 15) is 9.18 Å². The highest BCUT2D eigenvalue weighted by Crippen LogP contribution is 2.18. The lowest BCUT2D eigenvalue weighted by Gasteiger charge is -2.15. The van der Waals surface area contributed by atoms with Gasteiger partial charge in [-0.1, -0.05) is 6.92 Å². The normalized spacial score (nSPS) is 12.0. The van der Waals surface area contributed by atoms with Gasteiger partial charge in [0.15, 0.2) is 5.82 Å². The molecule has 118 valence electrons. The van der Waals surface area contributed by atoms with Gasteiger partial charge in [-0.25, -0.2) is 13.9 Å². The molecule has 2 rings (SSSR count). The van der Waals surface area contributed by atoms with Gasteiger partial charge in [-0.2, -0.15) is 5.10 Å². The van der Waals surface area contributed by atoms with E-state index in [1.165, 1.54) is 10.7 Å². The predicted molar refractivity (Wildman–Crippen MR) is 81.6 cm³/mol. The molecule has 3 N–H and O–H groups in total. The maximum absolute atomic E-state index is 14.1. The van der Waals surface area contributed by atoms with Crippen molar-refractivity contribution in [3.8, 4) is 5.69 Å². The Bertz CT molecular complexity index is 653. The molecule has 1 aromatic carbocycles. The van der Waals surface area contributed by atoms with Crippen LogP contribution < -0.4 is 10.6 Å². The van der Waals surface area contributed by atoms with Gasteiger partial charge in [0.25, 0.3) is 0 Å². The Morgan fingerprint density at radius 2 is 2.27 bits per heavy atom. The van der Waals surface area contributed by atoms with Crippen LogP contribution in [0.1, 0.15) is 18.9 Å². The highest BCUT2D eigenvalue weighted by Gasteiger charge is 2.11. The van der Waals surface area contributed by atoms with Crippen molar-refractivity contribution in [2.75, 3.05) is 11.9 Å². The molecule has 0 fully saturated rings. The molecule has 0 radical (unpaired) electrons. The van der Waals surface area contributed by atoms with Crippen molar-refractivity contribution in [3.05, 3.63) is 42.0 Å². The fourth-order valence-corrected chi connectivity index (χ4v) is 1.94. The van der Waals surface area contributed by atoms with Crippen LogP contribution in [0.5, 0.6) is 0 Å². The van der Waals surface area contributed by atoms with E-state index in [1.54, 1.807) is 24.5 Å². The molecule has 0 aliphatic rings. The van der Waals surface area contributed by atoms with Crippen LogP contribution in [0, 0.1) is 12.7 Å². The van der Waals surface area contributed by atoms with Gasteiger partial charge in [0.1, 0.15) is 5.69 Å². The largest absolute Gasteiger partial charge is 0.394 e. The molecule has 0 aliphatic carbocycles. The van der Waals surface area contributed by atoms with E-state index in [-0.39, 0.29) is 12.6 Å².